The lowest BCUT2D eigenvalue weighted by atomic mass is 10.2. The van der Waals surface area contributed by atoms with Gasteiger partial charge < -0.3 is 14.9 Å². The van der Waals surface area contributed by atoms with Gasteiger partial charge in [0.05, 0.1) is 5.56 Å². The number of hydrogen-bond donors (Lipinski definition) is 1. The van der Waals surface area contributed by atoms with Crippen LogP contribution in [0.25, 0.3) is 0 Å². The minimum Gasteiger partial charge on any atom is -0.478 e. The summed E-state index contributed by atoms with van der Waals surface area (Å²) < 4.78 is 0. The molecule has 0 saturated heterocycles. The Bertz CT molecular complexity index is 360. The normalized spacial score (nSPS) is 10.6. The molecular formula is C13H20N2O2. The first-order valence-electron chi connectivity index (χ1n) is 5.70. The number of nitrogens with zero attached hydrogens (tertiary/aromatic N) is 2. The molecule has 0 heterocycles. The molecule has 17 heavy (non-hydrogen) atoms. The lowest BCUT2D eigenvalue weighted by molar-refractivity contribution is 0.0697. The molecule has 1 aromatic carbocycles. The van der Waals surface area contributed by atoms with Crippen molar-refractivity contribution < 1.29 is 9.90 Å². The summed E-state index contributed by atoms with van der Waals surface area (Å²) in [5, 5.41) is 8.80. The summed E-state index contributed by atoms with van der Waals surface area (Å²) in [6.45, 7) is 2.02. The molecule has 1 N–H and O–H groups in total. The standard InChI is InChI=1S/C13H20N2O2/c1-14(2)9-4-10-15(3)12-7-5-11(6-8-12)13(16)17/h5-8H,4,9-10H2,1-3H3,(H,16,17). The molecular weight excluding hydrogens is 216 g/mol. The summed E-state index contributed by atoms with van der Waals surface area (Å²) in [5.41, 5.74) is 1.38. The molecule has 0 aliphatic carbocycles. The molecule has 4 heteroatoms. The fourth-order valence-electron chi connectivity index (χ4n) is 1.61. The van der Waals surface area contributed by atoms with E-state index in [1.807, 2.05) is 19.2 Å². The summed E-state index contributed by atoms with van der Waals surface area (Å²) >= 11 is 0. The van der Waals surface area contributed by atoms with Gasteiger partial charge >= 0.3 is 5.97 Å². The van der Waals surface area contributed by atoms with E-state index in [0.717, 1.165) is 25.2 Å². The smallest absolute Gasteiger partial charge is 0.335 e. The van der Waals surface area contributed by atoms with Gasteiger partial charge in [0.2, 0.25) is 0 Å². The van der Waals surface area contributed by atoms with Gasteiger partial charge in [-0.15, -0.1) is 0 Å². The summed E-state index contributed by atoms with van der Waals surface area (Å²) in [5.74, 6) is -0.883. The van der Waals surface area contributed by atoms with Gasteiger partial charge in [0.1, 0.15) is 0 Å². The molecule has 1 aromatic rings. The van der Waals surface area contributed by atoms with Crippen molar-refractivity contribution in [2.24, 2.45) is 0 Å². The fourth-order valence-corrected chi connectivity index (χ4v) is 1.61. The predicted molar refractivity (Wildman–Crippen MR) is 69.8 cm³/mol. The molecule has 0 radical (unpaired) electrons. The quantitative estimate of drug-likeness (QED) is 0.817. The van der Waals surface area contributed by atoms with E-state index < -0.39 is 5.97 Å². The largest absolute Gasteiger partial charge is 0.478 e. The zero-order chi connectivity index (χ0) is 12.8. The van der Waals surface area contributed by atoms with E-state index in [0.29, 0.717) is 5.56 Å². The van der Waals surface area contributed by atoms with Crippen LogP contribution in [0.15, 0.2) is 24.3 Å². The van der Waals surface area contributed by atoms with E-state index in [2.05, 4.69) is 23.9 Å². The van der Waals surface area contributed by atoms with Gasteiger partial charge in [-0.2, -0.15) is 0 Å². The fraction of sp³-hybridized carbons (Fsp3) is 0.462. The first kappa shape index (κ1) is 13.5. The van der Waals surface area contributed by atoms with Crippen LogP contribution in [-0.4, -0.2) is 50.2 Å². The average Bonchev–Trinajstić information content (AvgIpc) is 2.28. The highest BCUT2D eigenvalue weighted by Gasteiger charge is 2.04. The van der Waals surface area contributed by atoms with E-state index in [1.54, 1.807) is 12.1 Å². The summed E-state index contributed by atoms with van der Waals surface area (Å²) in [6, 6.07) is 6.97. The first-order valence-corrected chi connectivity index (χ1v) is 5.70. The third kappa shape index (κ3) is 4.44. The summed E-state index contributed by atoms with van der Waals surface area (Å²) in [6.07, 6.45) is 1.09. The highest BCUT2D eigenvalue weighted by atomic mass is 16.4. The molecule has 1 rings (SSSR count). The minimum atomic E-state index is -0.883. The number of carbonyl (C=O) groups is 1. The monoisotopic (exact) mass is 236 g/mol. The van der Waals surface area contributed by atoms with Crippen LogP contribution in [-0.2, 0) is 0 Å². The van der Waals surface area contributed by atoms with E-state index >= 15 is 0 Å². The first-order chi connectivity index (χ1) is 8.00. The molecule has 0 unspecified atom stereocenters. The lowest BCUT2D eigenvalue weighted by Crippen LogP contribution is -2.23. The zero-order valence-corrected chi connectivity index (χ0v) is 10.7. The van der Waals surface area contributed by atoms with E-state index in [-0.39, 0.29) is 0 Å². The number of anilines is 1. The van der Waals surface area contributed by atoms with Gasteiger partial charge in [0.15, 0.2) is 0 Å². The van der Waals surface area contributed by atoms with Crippen LogP contribution in [0, 0.1) is 0 Å². The Kier molecular flexibility index (Phi) is 4.97. The van der Waals surface area contributed by atoms with Crippen molar-refractivity contribution >= 4 is 11.7 Å². The second-order valence-corrected chi connectivity index (χ2v) is 4.43. The Labute approximate surface area is 102 Å². The predicted octanol–water partition coefficient (Wildman–Crippen LogP) is 1.77. The maximum atomic E-state index is 10.7. The average molecular weight is 236 g/mol. The van der Waals surface area contributed by atoms with Crippen LogP contribution in [0.1, 0.15) is 16.8 Å². The van der Waals surface area contributed by atoms with Crippen LogP contribution in [0.5, 0.6) is 0 Å². The van der Waals surface area contributed by atoms with Crippen molar-refractivity contribution in [3.63, 3.8) is 0 Å². The van der Waals surface area contributed by atoms with Crippen molar-refractivity contribution in [3.05, 3.63) is 29.8 Å². The topological polar surface area (TPSA) is 43.8 Å². The maximum absolute atomic E-state index is 10.7. The minimum absolute atomic E-state index is 0.329. The van der Waals surface area contributed by atoms with Crippen molar-refractivity contribution in [1.82, 2.24) is 4.90 Å². The van der Waals surface area contributed by atoms with E-state index in [9.17, 15) is 4.79 Å². The van der Waals surface area contributed by atoms with Gasteiger partial charge in [0, 0.05) is 19.3 Å². The van der Waals surface area contributed by atoms with Crippen LogP contribution in [0.4, 0.5) is 5.69 Å². The van der Waals surface area contributed by atoms with Gasteiger partial charge in [-0.05, 0) is 51.3 Å². The van der Waals surface area contributed by atoms with Crippen molar-refractivity contribution in [2.45, 2.75) is 6.42 Å². The maximum Gasteiger partial charge on any atom is 0.335 e. The molecule has 0 bridgehead atoms. The summed E-state index contributed by atoms with van der Waals surface area (Å²) in [4.78, 5) is 15.0. The molecule has 4 nitrogen and oxygen atoms in total. The van der Waals surface area contributed by atoms with Crippen LogP contribution in [0.2, 0.25) is 0 Å². The second kappa shape index (κ2) is 6.25. The zero-order valence-electron chi connectivity index (χ0n) is 10.7. The SMILES string of the molecule is CN(C)CCCN(C)c1ccc(C(=O)O)cc1. The van der Waals surface area contributed by atoms with Gasteiger partial charge in [-0.25, -0.2) is 4.79 Å². The number of carboxylic acid groups (broad SMARTS) is 1. The Hall–Kier alpha value is -1.55. The second-order valence-electron chi connectivity index (χ2n) is 4.43. The lowest BCUT2D eigenvalue weighted by Gasteiger charge is -2.20. The Morgan fingerprint density at radius 1 is 1.12 bits per heavy atom. The van der Waals surface area contributed by atoms with Crippen molar-refractivity contribution in [1.29, 1.82) is 0 Å². The molecule has 0 aliphatic heterocycles. The van der Waals surface area contributed by atoms with E-state index in [4.69, 9.17) is 5.11 Å². The molecule has 0 saturated carbocycles. The Morgan fingerprint density at radius 2 is 1.71 bits per heavy atom. The Morgan fingerprint density at radius 3 is 2.18 bits per heavy atom. The Balaban J connectivity index is 2.51. The molecule has 0 aliphatic rings. The molecule has 94 valence electrons. The van der Waals surface area contributed by atoms with Crippen LogP contribution >= 0.6 is 0 Å². The molecule has 0 fully saturated rings. The molecule has 0 amide bonds. The van der Waals surface area contributed by atoms with Crippen LogP contribution in [0.3, 0.4) is 0 Å². The number of aromatic carboxylic acids is 1. The highest BCUT2D eigenvalue weighted by molar-refractivity contribution is 5.88. The number of carboxylic acids is 1. The van der Waals surface area contributed by atoms with Crippen molar-refractivity contribution in [2.75, 3.05) is 39.1 Å². The number of hydrogen-bond acceptors (Lipinski definition) is 3. The number of benzene rings is 1. The van der Waals surface area contributed by atoms with Gasteiger partial charge in [-0.3, -0.25) is 0 Å². The summed E-state index contributed by atoms with van der Waals surface area (Å²) in [7, 11) is 6.13. The molecule has 0 atom stereocenters. The number of rotatable bonds is 6. The third-order valence-electron chi connectivity index (χ3n) is 2.65. The van der Waals surface area contributed by atoms with E-state index in [1.165, 1.54) is 0 Å². The van der Waals surface area contributed by atoms with Crippen molar-refractivity contribution in [3.8, 4) is 0 Å². The highest BCUT2D eigenvalue weighted by Crippen LogP contribution is 2.14. The van der Waals surface area contributed by atoms with Crippen LogP contribution < -0.4 is 4.90 Å². The molecule has 0 spiro atoms. The van der Waals surface area contributed by atoms with Gasteiger partial charge in [-0.1, -0.05) is 0 Å². The van der Waals surface area contributed by atoms with Gasteiger partial charge in [0.25, 0.3) is 0 Å². The molecule has 0 aromatic heterocycles. The third-order valence-corrected chi connectivity index (χ3v) is 2.65.